The second-order valence-electron chi connectivity index (χ2n) is 6.44. The van der Waals surface area contributed by atoms with Crippen LogP contribution in [0.3, 0.4) is 0 Å². The number of fused-ring (bicyclic) bond motifs is 3. The van der Waals surface area contributed by atoms with Crippen LogP contribution in [0.4, 0.5) is 20.2 Å². The van der Waals surface area contributed by atoms with Crippen molar-refractivity contribution in [3.63, 3.8) is 0 Å². The highest BCUT2D eigenvalue weighted by Gasteiger charge is 2.57. The molecular formula is C19H15F2N3O3S. The molecule has 3 amide bonds. The summed E-state index contributed by atoms with van der Waals surface area (Å²) in [6.45, 7) is -0.363. The predicted molar refractivity (Wildman–Crippen MR) is 99.7 cm³/mol. The molecule has 0 unspecified atom stereocenters. The van der Waals surface area contributed by atoms with Crippen molar-refractivity contribution < 1.29 is 23.2 Å². The third-order valence-electron chi connectivity index (χ3n) is 4.64. The summed E-state index contributed by atoms with van der Waals surface area (Å²) in [5.74, 6) is -3.28. The van der Waals surface area contributed by atoms with Crippen molar-refractivity contribution in [1.29, 1.82) is 0 Å². The molecule has 0 radical (unpaired) electrons. The van der Waals surface area contributed by atoms with Crippen molar-refractivity contribution in [3.05, 3.63) is 54.1 Å². The average molecular weight is 403 g/mol. The molecule has 2 aromatic rings. The largest absolute Gasteiger partial charge is 0.344 e. The number of nitrogens with zero attached hydrogens (tertiary/aromatic N) is 1. The monoisotopic (exact) mass is 403 g/mol. The molecule has 28 heavy (non-hydrogen) atoms. The van der Waals surface area contributed by atoms with Crippen LogP contribution < -0.4 is 15.5 Å². The number of rotatable bonds is 4. The third-order valence-corrected chi connectivity index (χ3v) is 6.12. The molecule has 0 aromatic heterocycles. The van der Waals surface area contributed by atoms with Gasteiger partial charge in [-0.3, -0.25) is 19.3 Å². The number of para-hydroxylation sites is 1. The number of benzene rings is 2. The van der Waals surface area contributed by atoms with Gasteiger partial charge in [-0.05, 0) is 30.7 Å². The Labute approximate surface area is 163 Å². The number of carbonyl (C=O) groups excluding carboxylic acids is 3. The van der Waals surface area contributed by atoms with Gasteiger partial charge in [0.2, 0.25) is 11.8 Å². The maximum Gasteiger partial charge on any atom is 0.257 e. The van der Waals surface area contributed by atoms with Crippen molar-refractivity contribution in [1.82, 2.24) is 5.32 Å². The van der Waals surface area contributed by atoms with Crippen LogP contribution in [-0.4, -0.2) is 29.1 Å². The minimum absolute atomic E-state index is 0.0802. The van der Waals surface area contributed by atoms with Crippen LogP contribution in [0.15, 0.2) is 47.4 Å². The van der Waals surface area contributed by atoms with E-state index in [4.69, 9.17) is 0 Å². The van der Waals surface area contributed by atoms with Crippen molar-refractivity contribution in [2.24, 2.45) is 0 Å². The van der Waals surface area contributed by atoms with Gasteiger partial charge in [-0.1, -0.05) is 23.9 Å². The van der Waals surface area contributed by atoms with Gasteiger partial charge in [0.15, 0.2) is 16.5 Å². The SMILES string of the molecule is O=C(CNC(=O)[C@]12CCC(=O)N1c1ccccc1S2)Nc1ccc(F)c(F)c1. The molecule has 2 aromatic carbocycles. The Kier molecular flexibility index (Phi) is 4.54. The molecule has 0 aliphatic carbocycles. The van der Waals surface area contributed by atoms with Crippen LogP contribution in [0.1, 0.15) is 12.8 Å². The summed E-state index contributed by atoms with van der Waals surface area (Å²) in [5, 5.41) is 4.95. The Hall–Kier alpha value is -2.94. The summed E-state index contributed by atoms with van der Waals surface area (Å²) in [6.07, 6.45) is 0.581. The van der Waals surface area contributed by atoms with Gasteiger partial charge in [-0.2, -0.15) is 0 Å². The van der Waals surface area contributed by atoms with E-state index in [0.717, 1.165) is 17.0 Å². The minimum Gasteiger partial charge on any atom is -0.344 e. The smallest absolute Gasteiger partial charge is 0.257 e. The van der Waals surface area contributed by atoms with Crippen molar-refractivity contribution in [2.75, 3.05) is 16.8 Å². The maximum atomic E-state index is 13.2. The van der Waals surface area contributed by atoms with E-state index in [0.29, 0.717) is 12.1 Å². The zero-order chi connectivity index (χ0) is 19.9. The van der Waals surface area contributed by atoms with E-state index in [2.05, 4.69) is 10.6 Å². The zero-order valence-electron chi connectivity index (χ0n) is 14.5. The second-order valence-corrected chi connectivity index (χ2v) is 7.76. The molecule has 2 N–H and O–H groups in total. The molecule has 0 spiro atoms. The van der Waals surface area contributed by atoms with Crippen LogP contribution in [0, 0.1) is 11.6 Å². The number of amides is 3. The molecule has 6 nitrogen and oxygen atoms in total. The van der Waals surface area contributed by atoms with E-state index < -0.39 is 28.3 Å². The molecule has 2 aliphatic heterocycles. The Morgan fingerprint density at radius 2 is 1.93 bits per heavy atom. The van der Waals surface area contributed by atoms with Gasteiger partial charge in [0.25, 0.3) is 5.91 Å². The summed E-state index contributed by atoms with van der Waals surface area (Å²) in [7, 11) is 0. The highest BCUT2D eigenvalue weighted by molar-refractivity contribution is 8.02. The predicted octanol–water partition coefficient (Wildman–Crippen LogP) is 2.65. The molecule has 2 heterocycles. The first-order valence-electron chi connectivity index (χ1n) is 8.55. The number of nitrogens with one attached hydrogen (secondary N) is 2. The zero-order valence-corrected chi connectivity index (χ0v) is 15.3. The Balaban J connectivity index is 1.44. The van der Waals surface area contributed by atoms with Crippen LogP contribution >= 0.6 is 11.8 Å². The van der Waals surface area contributed by atoms with E-state index in [-0.39, 0.29) is 24.6 Å². The van der Waals surface area contributed by atoms with Crippen LogP contribution in [-0.2, 0) is 14.4 Å². The standard InChI is InChI=1S/C19H15F2N3O3S/c20-12-6-5-11(9-13(12)21)23-16(25)10-22-18(27)19-8-7-17(26)24(19)14-3-1-2-4-15(14)28-19/h1-6,9H,7-8,10H2,(H,22,27)(H,23,25)/t19-/m1/s1. The summed E-state index contributed by atoms with van der Waals surface area (Å²) in [6, 6.07) is 10.2. The number of halogens is 2. The van der Waals surface area contributed by atoms with Crippen molar-refractivity contribution >= 4 is 40.9 Å². The van der Waals surface area contributed by atoms with Crippen molar-refractivity contribution in [2.45, 2.75) is 22.6 Å². The first-order chi connectivity index (χ1) is 13.4. The van der Waals surface area contributed by atoms with E-state index >= 15 is 0 Å². The molecule has 144 valence electrons. The number of anilines is 2. The van der Waals surface area contributed by atoms with Crippen LogP contribution in [0.5, 0.6) is 0 Å². The van der Waals surface area contributed by atoms with Gasteiger partial charge < -0.3 is 10.6 Å². The molecule has 4 rings (SSSR count). The van der Waals surface area contributed by atoms with Gasteiger partial charge in [0.05, 0.1) is 12.2 Å². The molecular weight excluding hydrogens is 388 g/mol. The summed E-state index contributed by atoms with van der Waals surface area (Å²) in [5.41, 5.74) is 0.771. The third kappa shape index (κ3) is 3.01. The summed E-state index contributed by atoms with van der Waals surface area (Å²) >= 11 is 1.30. The minimum atomic E-state index is -1.11. The van der Waals surface area contributed by atoms with E-state index in [1.807, 2.05) is 12.1 Å². The van der Waals surface area contributed by atoms with Crippen LogP contribution in [0.2, 0.25) is 0 Å². The van der Waals surface area contributed by atoms with Gasteiger partial charge in [-0.15, -0.1) is 0 Å². The lowest BCUT2D eigenvalue weighted by Gasteiger charge is -2.29. The average Bonchev–Trinajstić information content (AvgIpc) is 3.18. The topological polar surface area (TPSA) is 78.5 Å². The quantitative estimate of drug-likeness (QED) is 0.823. The fourth-order valence-corrected chi connectivity index (χ4v) is 4.81. The normalized spacial score (nSPS) is 19.9. The lowest BCUT2D eigenvalue weighted by molar-refractivity contribution is -0.126. The van der Waals surface area contributed by atoms with Gasteiger partial charge in [0, 0.05) is 23.1 Å². The molecule has 0 bridgehead atoms. The van der Waals surface area contributed by atoms with Gasteiger partial charge >= 0.3 is 0 Å². The highest BCUT2D eigenvalue weighted by Crippen LogP contribution is 2.55. The number of hydrogen-bond acceptors (Lipinski definition) is 4. The van der Waals surface area contributed by atoms with Gasteiger partial charge in [-0.25, -0.2) is 8.78 Å². The second kappa shape index (κ2) is 6.90. The highest BCUT2D eigenvalue weighted by atomic mass is 32.2. The fourth-order valence-electron chi connectivity index (χ4n) is 3.38. The Bertz CT molecular complexity index is 1000. The van der Waals surface area contributed by atoms with E-state index in [1.54, 1.807) is 12.1 Å². The fraction of sp³-hybridized carbons (Fsp3) is 0.211. The summed E-state index contributed by atoms with van der Waals surface area (Å²) < 4.78 is 26.2. The number of thioether (sulfide) groups is 1. The van der Waals surface area contributed by atoms with Gasteiger partial charge in [0.1, 0.15) is 0 Å². The Morgan fingerprint density at radius 3 is 2.71 bits per heavy atom. The van der Waals surface area contributed by atoms with E-state index in [1.165, 1.54) is 22.7 Å². The first kappa shape index (κ1) is 18.4. The molecule has 1 saturated heterocycles. The molecule has 9 heteroatoms. The lowest BCUT2D eigenvalue weighted by Crippen LogP contribution is -2.53. The van der Waals surface area contributed by atoms with E-state index in [9.17, 15) is 23.2 Å². The van der Waals surface area contributed by atoms with Crippen molar-refractivity contribution in [3.8, 4) is 0 Å². The maximum absolute atomic E-state index is 13.2. The molecule has 1 atom stereocenters. The molecule has 0 saturated carbocycles. The summed E-state index contributed by atoms with van der Waals surface area (Å²) in [4.78, 5) is 38.5. The number of carbonyl (C=O) groups is 3. The molecule has 2 aliphatic rings. The van der Waals surface area contributed by atoms with Crippen LogP contribution in [0.25, 0.3) is 0 Å². The molecule has 1 fully saturated rings. The number of hydrogen-bond donors (Lipinski definition) is 2. The lowest BCUT2D eigenvalue weighted by atomic mass is 10.2. The first-order valence-corrected chi connectivity index (χ1v) is 9.37. The Morgan fingerprint density at radius 1 is 1.14 bits per heavy atom.